The predicted molar refractivity (Wildman–Crippen MR) is 150 cm³/mol. The number of benzene rings is 4. The number of aryl methyl sites for hydroxylation is 1. The van der Waals surface area contributed by atoms with Crippen LogP contribution < -0.4 is 14.8 Å². The van der Waals surface area contributed by atoms with Gasteiger partial charge in [-0.15, -0.1) is 0 Å². The van der Waals surface area contributed by atoms with Crippen LogP contribution in [0.5, 0.6) is 0 Å². The van der Waals surface area contributed by atoms with Crippen LogP contribution in [0.4, 0.5) is 17.1 Å². The number of hydrogen-bond acceptors (Lipinski definition) is 5. The summed E-state index contributed by atoms with van der Waals surface area (Å²) in [6.07, 6.45) is 0. The molecule has 0 unspecified atom stereocenters. The van der Waals surface area contributed by atoms with Crippen molar-refractivity contribution in [3.63, 3.8) is 0 Å². The maximum atomic E-state index is 12.9. The third-order valence-electron chi connectivity index (χ3n) is 5.27. The molecule has 4 rings (SSSR count). The normalized spacial score (nSPS) is 11.6. The van der Waals surface area contributed by atoms with E-state index < -0.39 is 26.0 Å². The van der Waals surface area contributed by atoms with E-state index in [1.54, 1.807) is 30.3 Å². The van der Waals surface area contributed by atoms with Gasteiger partial charge in [0.1, 0.15) is 4.90 Å². The minimum atomic E-state index is -4.08. The zero-order valence-corrected chi connectivity index (χ0v) is 22.9. The van der Waals surface area contributed by atoms with E-state index in [-0.39, 0.29) is 20.4 Å². The number of hydrogen-bond donors (Lipinski definition) is 3. The van der Waals surface area contributed by atoms with Gasteiger partial charge in [0.05, 0.1) is 9.92 Å². The molecule has 0 radical (unpaired) electrons. The molecular formula is C26H21Cl2N3O5S2. The molecule has 0 aromatic heterocycles. The summed E-state index contributed by atoms with van der Waals surface area (Å²) in [4.78, 5) is 12.6. The molecule has 3 N–H and O–H groups in total. The molecule has 38 heavy (non-hydrogen) atoms. The van der Waals surface area contributed by atoms with Crippen molar-refractivity contribution in [3.8, 4) is 0 Å². The van der Waals surface area contributed by atoms with Crippen molar-refractivity contribution >= 4 is 66.2 Å². The summed E-state index contributed by atoms with van der Waals surface area (Å²) in [5.41, 5.74) is 1.91. The summed E-state index contributed by atoms with van der Waals surface area (Å²) < 4.78 is 56.1. The number of anilines is 3. The molecule has 4 aromatic rings. The molecule has 8 nitrogen and oxygen atoms in total. The van der Waals surface area contributed by atoms with Crippen LogP contribution in [0, 0.1) is 6.92 Å². The van der Waals surface area contributed by atoms with Crippen molar-refractivity contribution in [2.24, 2.45) is 0 Å². The highest BCUT2D eigenvalue weighted by atomic mass is 35.5. The zero-order valence-electron chi connectivity index (χ0n) is 19.8. The Morgan fingerprint density at radius 3 is 1.97 bits per heavy atom. The minimum Gasteiger partial charge on any atom is -0.322 e. The van der Waals surface area contributed by atoms with Gasteiger partial charge in [-0.05, 0) is 91.3 Å². The third kappa shape index (κ3) is 6.65. The summed E-state index contributed by atoms with van der Waals surface area (Å²) >= 11 is 12.0. The van der Waals surface area contributed by atoms with E-state index >= 15 is 0 Å². The largest absolute Gasteiger partial charge is 0.322 e. The second kappa shape index (κ2) is 11.0. The Kier molecular flexibility index (Phi) is 7.98. The highest BCUT2D eigenvalue weighted by molar-refractivity contribution is 7.93. The predicted octanol–water partition coefficient (Wildman–Crippen LogP) is 6.16. The van der Waals surface area contributed by atoms with Gasteiger partial charge in [-0.1, -0.05) is 35.3 Å². The van der Waals surface area contributed by atoms with Crippen molar-refractivity contribution in [2.75, 3.05) is 14.8 Å². The van der Waals surface area contributed by atoms with Crippen LogP contribution in [0.2, 0.25) is 10.0 Å². The first-order valence-corrected chi connectivity index (χ1v) is 14.7. The van der Waals surface area contributed by atoms with Crippen LogP contribution in [0.15, 0.2) is 101 Å². The van der Waals surface area contributed by atoms with Gasteiger partial charge >= 0.3 is 0 Å². The Labute approximate surface area is 230 Å². The standard InChI is InChI=1S/C26H21Cl2N3O5S2/c1-17-3-2-4-22(15-17)31-38(35,36)25-16-18(5-14-24(25)28)26(32)29-20-10-12-23(13-11-20)37(33,34)30-21-8-6-19(27)7-9-21/h2-16,30-31H,1H3,(H,29,32). The topological polar surface area (TPSA) is 121 Å². The van der Waals surface area contributed by atoms with Crippen LogP contribution in [0.1, 0.15) is 15.9 Å². The quantitative estimate of drug-likeness (QED) is 0.227. The van der Waals surface area contributed by atoms with Crippen molar-refractivity contribution in [3.05, 3.63) is 112 Å². The summed E-state index contributed by atoms with van der Waals surface area (Å²) in [6.45, 7) is 1.83. The van der Waals surface area contributed by atoms with Crippen molar-refractivity contribution in [2.45, 2.75) is 16.7 Å². The second-order valence-corrected chi connectivity index (χ2v) is 12.4. The van der Waals surface area contributed by atoms with Gasteiger partial charge in [-0.2, -0.15) is 0 Å². The molecule has 0 spiro atoms. The summed E-state index contributed by atoms with van der Waals surface area (Å²) in [6, 6.07) is 22.4. The van der Waals surface area contributed by atoms with E-state index in [4.69, 9.17) is 23.2 Å². The number of carbonyl (C=O) groups excluding carboxylic acids is 1. The van der Waals surface area contributed by atoms with Crippen LogP contribution in [0.25, 0.3) is 0 Å². The minimum absolute atomic E-state index is 0.0208. The molecule has 12 heteroatoms. The zero-order chi connectivity index (χ0) is 27.5. The van der Waals surface area contributed by atoms with Crippen molar-refractivity contribution < 1.29 is 21.6 Å². The van der Waals surface area contributed by atoms with E-state index in [0.29, 0.717) is 22.1 Å². The molecule has 0 fully saturated rings. The number of amides is 1. The Morgan fingerprint density at radius 2 is 1.32 bits per heavy atom. The summed E-state index contributed by atoms with van der Waals surface area (Å²) in [7, 11) is -7.96. The smallest absolute Gasteiger partial charge is 0.263 e. The molecule has 0 aliphatic heterocycles. The summed E-state index contributed by atoms with van der Waals surface area (Å²) in [5, 5.41) is 3.04. The lowest BCUT2D eigenvalue weighted by Crippen LogP contribution is -2.17. The Bertz CT molecular complexity index is 1710. The first-order valence-electron chi connectivity index (χ1n) is 11.0. The molecule has 196 valence electrons. The Morgan fingerprint density at radius 1 is 0.684 bits per heavy atom. The fourth-order valence-corrected chi connectivity index (χ4v) is 6.18. The molecule has 4 aromatic carbocycles. The molecule has 0 aliphatic rings. The maximum Gasteiger partial charge on any atom is 0.263 e. The van der Waals surface area contributed by atoms with E-state index in [0.717, 1.165) is 5.56 Å². The summed E-state index contributed by atoms with van der Waals surface area (Å²) in [5.74, 6) is -0.608. The molecule has 0 atom stereocenters. The van der Waals surface area contributed by atoms with Gasteiger partial charge in [0.15, 0.2) is 0 Å². The van der Waals surface area contributed by atoms with Crippen molar-refractivity contribution in [1.82, 2.24) is 0 Å². The van der Waals surface area contributed by atoms with Crippen LogP contribution >= 0.6 is 23.2 Å². The highest BCUT2D eigenvalue weighted by Crippen LogP contribution is 2.26. The highest BCUT2D eigenvalue weighted by Gasteiger charge is 2.21. The lowest BCUT2D eigenvalue weighted by molar-refractivity contribution is 0.102. The van der Waals surface area contributed by atoms with E-state index in [9.17, 15) is 21.6 Å². The molecule has 0 aliphatic carbocycles. The van der Waals surface area contributed by atoms with Gasteiger partial charge in [-0.3, -0.25) is 14.2 Å². The molecule has 1 amide bonds. The molecule has 0 saturated heterocycles. The number of carbonyl (C=O) groups is 1. The number of sulfonamides is 2. The van der Waals surface area contributed by atoms with Gasteiger partial charge in [0, 0.05) is 27.6 Å². The number of nitrogens with one attached hydrogen (secondary N) is 3. The van der Waals surface area contributed by atoms with Gasteiger partial charge in [0.25, 0.3) is 26.0 Å². The average Bonchev–Trinajstić information content (AvgIpc) is 2.85. The monoisotopic (exact) mass is 589 g/mol. The van der Waals surface area contributed by atoms with Gasteiger partial charge in [0.2, 0.25) is 0 Å². The SMILES string of the molecule is Cc1cccc(NS(=O)(=O)c2cc(C(=O)Nc3ccc(S(=O)(=O)Nc4ccc(Cl)cc4)cc3)ccc2Cl)c1. The Hall–Kier alpha value is -3.57. The molecule has 0 saturated carbocycles. The lowest BCUT2D eigenvalue weighted by Gasteiger charge is -2.12. The van der Waals surface area contributed by atoms with Gasteiger partial charge < -0.3 is 5.32 Å². The van der Waals surface area contributed by atoms with Gasteiger partial charge in [-0.25, -0.2) is 16.8 Å². The fraction of sp³-hybridized carbons (Fsp3) is 0.0385. The van der Waals surface area contributed by atoms with E-state index in [1.807, 2.05) is 13.0 Å². The maximum absolute atomic E-state index is 12.9. The molecule has 0 heterocycles. The van der Waals surface area contributed by atoms with E-state index in [2.05, 4.69) is 14.8 Å². The first kappa shape index (κ1) is 27.5. The lowest BCUT2D eigenvalue weighted by atomic mass is 10.2. The van der Waals surface area contributed by atoms with Crippen LogP contribution in [-0.4, -0.2) is 22.7 Å². The van der Waals surface area contributed by atoms with E-state index in [1.165, 1.54) is 54.6 Å². The number of rotatable bonds is 8. The fourth-order valence-electron chi connectivity index (χ4n) is 3.42. The van der Waals surface area contributed by atoms with Crippen LogP contribution in [-0.2, 0) is 20.0 Å². The third-order valence-corrected chi connectivity index (χ3v) is 8.78. The van der Waals surface area contributed by atoms with Crippen molar-refractivity contribution in [1.29, 1.82) is 0 Å². The van der Waals surface area contributed by atoms with Crippen LogP contribution in [0.3, 0.4) is 0 Å². The number of halogens is 2. The second-order valence-electron chi connectivity index (χ2n) is 8.21. The first-order chi connectivity index (χ1) is 17.9. The molecule has 0 bridgehead atoms. The Balaban J connectivity index is 1.49. The molecular weight excluding hydrogens is 569 g/mol. The average molecular weight is 591 g/mol.